The van der Waals surface area contributed by atoms with Gasteiger partial charge in [0, 0.05) is 37.6 Å². The van der Waals surface area contributed by atoms with Crippen molar-refractivity contribution in [2.24, 2.45) is 0 Å². The van der Waals surface area contributed by atoms with Crippen molar-refractivity contribution < 1.29 is 9.53 Å². The lowest BCUT2D eigenvalue weighted by Crippen LogP contribution is -2.48. The average Bonchev–Trinajstić information content (AvgIpc) is 2.62. The van der Waals surface area contributed by atoms with Crippen LogP contribution < -0.4 is 15.4 Å². The summed E-state index contributed by atoms with van der Waals surface area (Å²) in [6.45, 7) is 3.01. The first-order chi connectivity index (χ1) is 11.2. The highest BCUT2D eigenvalue weighted by Crippen LogP contribution is 2.21. The smallest absolute Gasteiger partial charge is 0.256 e. The van der Waals surface area contributed by atoms with Crippen LogP contribution in [0.2, 0.25) is 0 Å². The first-order valence-corrected chi connectivity index (χ1v) is 7.72. The molecule has 5 nitrogen and oxygen atoms in total. The molecular formula is C18H21N3O2. The molecule has 2 aromatic carbocycles. The van der Waals surface area contributed by atoms with Crippen molar-refractivity contribution in [1.82, 2.24) is 4.90 Å². The number of rotatable bonds is 3. The summed E-state index contributed by atoms with van der Waals surface area (Å²) in [4.78, 5) is 16.7. The molecule has 5 heteroatoms. The Morgan fingerprint density at radius 3 is 2.26 bits per heavy atom. The van der Waals surface area contributed by atoms with Gasteiger partial charge in [-0.1, -0.05) is 12.1 Å². The van der Waals surface area contributed by atoms with Crippen LogP contribution in [-0.2, 0) is 0 Å². The van der Waals surface area contributed by atoms with Crippen molar-refractivity contribution in [3.8, 4) is 5.75 Å². The second-order valence-corrected chi connectivity index (χ2v) is 5.56. The number of hydrogen-bond acceptors (Lipinski definition) is 4. The lowest BCUT2D eigenvalue weighted by atomic mass is 10.1. The number of anilines is 2. The molecule has 23 heavy (non-hydrogen) atoms. The van der Waals surface area contributed by atoms with Gasteiger partial charge in [-0.3, -0.25) is 4.79 Å². The van der Waals surface area contributed by atoms with Crippen LogP contribution in [0.15, 0.2) is 48.5 Å². The highest BCUT2D eigenvalue weighted by atomic mass is 16.5. The summed E-state index contributed by atoms with van der Waals surface area (Å²) in [5.41, 5.74) is 8.18. The summed E-state index contributed by atoms with van der Waals surface area (Å²) in [5, 5.41) is 0. The number of carbonyl (C=O) groups excluding carboxylic acids is 1. The molecule has 0 unspecified atom stereocenters. The van der Waals surface area contributed by atoms with Crippen LogP contribution in [0.25, 0.3) is 0 Å². The van der Waals surface area contributed by atoms with E-state index in [0.29, 0.717) is 24.3 Å². The van der Waals surface area contributed by atoms with Crippen molar-refractivity contribution in [2.75, 3.05) is 43.9 Å². The third kappa shape index (κ3) is 3.23. The number of para-hydroxylation sites is 1. The molecule has 0 radical (unpaired) electrons. The molecule has 0 saturated carbocycles. The predicted molar refractivity (Wildman–Crippen MR) is 92.0 cm³/mol. The number of hydrogen-bond donors (Lipinski definition) is 1. The molecule has 2 aromatic rings. The van der Waals surface area contributed by atoms with Crippen molar-refractivity contribution in [3.05, 3.63) is 54.1 Å². The molecule has 0 aromatic heterocycles. The van der Waals surface area contributed by atoms with Gasteiger partial charge in [-0.15, -0.1) is 0 Å². The van der Waals surface area contributed by atoms with E-state index in [1.165, 1.54) is 0 Å². The molecule has 1 fully saturated rings. The standard InChI is InChI=1S/C18H21N3O2/c1-23-15-8-6-14(7-9-15)20-10-12-21(13-11-20)18(22)16-4-2-3-5-17(16)19/h2-9H,10-13,19H2,1H3. The number of methoxy groups -OCH3 is 1. The number of amides is 1. The van der Waals surface area contributed by atoms with Gasteiger partial charge in [0.2, 0.25) is 0 Å². The van der Waals surface area contributed by atoms with Crippen LogP contribution in [0.5, 0.6) is 5.75 Å². The number of ether oxygens (including phenoxy) is 1. The van der Waals surface area contributed by atoms with E-state index in [0.717, 1.165) is 24.5 Å². The van der Waals surface area contributed by atoms with E-state index in [9.17, 15) is 4.79 Å². The SMILES string of the molecule is COc1ccc(N2CCN(C(=O)c3ccccc3N)CC2)cc1. The van der Waals surface area contributed by atoms with E-state index >= 15 is 0 Å². The molecule has 0 bridgehead atoms. The third-order valence-electron chi connectivity index (χ3n) is 4.20. The molecule has 0 spiro atoms. The molecule has 3 rings (SSSR count). The highest BCUT2D eigenvalue weighted by Gasteiger charge is 2.23. The van der Waals surface area contributed by atoms with Crippen LogP contribution in [0.3, 0.4) is 0 Å². The van der Waals surface area contributed by atoms with E-state index in [-0.39, 0.29) is 5.91 Å². The first kappa shape index (κ1) is 15.2. The Bertz CT molecular complexity index is 677. The zero-order valence-electron chi connectivity index (χ0n) is 13.2. The van der Waals surface area contributed by atoms with Gasteiger partial charge in [-0.05, 0) is 36.4 Å². The number of benzene rings is 2. The topological polar surface area (TPSA) is 58.8 Å². The fourth-order valence-electron chi connectivity index (χ4n) is 2.82. The van der Waals surface area contributed by atoms with Gasteiger partial charge in [0.25, 0.3) is 5.91 Å². The third-order valence-corrected chi connectivity index (χ3v) is 4.20. The summed E-state index contributed by atoms with van der Waals surface area (Å²) in [5.74, 6) is 0.861. The maximum Gasteiger partial charge on any atom is 0.256 e. The maximum absolute atomic E-state index is 12.6. The quantitative estimate of drug-likeness (QED) is 0.883. The average molecular weight is 311 g/mol. The van der Waals surface area contributed by atoms with Gasteiger partial charge < -0.3 is 20.3 Å². The lowest BCUT2D eigenvalue weighted by Gasteiger charge is -2.36. The van der Waals surface area contributed by atoms with Gasteiger partial charge in [-0.2, -0.15) is 0 Å². The summed E-state index contributed by atoms with van der Waals surface area (Å²) < 4.78 is 5.18. The zero-order valence-corrected chi connectivity index (χ0v) is 13.2. The molecule has 1 saturated heterocycles. The highest BCUT2D eigenvalue weighted by molar-refractivity contribution is 5.99. The maximum atomic E-state index is 12.6. The largest absolute Gasteiger partial charge is 0.497 e. The molecule has 0 aliphatic carbocycles. The Balaban J connectivity index is 1.64. The van der Waals surface area contributed by atoms with Gasteiger partial charge in [0.05, 0.1) is 12.7 Å². The van der Waals surface area contributed by atoms with Gasteiger partial charge in [-0.25, -0.2) is 0 Å². The van der Waals surface area contributed by atoms with Crippen LogP contribution >= 0.6 is 0 Å². The number of nitrogens with two attached hydrogens (primary N) is 1. The number of piperazine rings is 1. The van der Waals surface area contributed by atoms with Crippen molar-refractivity contribution in [1.29, 1.82) is 0 Å². The molecule has 120 valence electrons. The molecule has 1 aliphatic rings. The first-order valence-electron chi connectivity index (χ1n) is 7.72. The Hall–Kier alpha value is -2.69. The molecule has 0 atom stereocenters. The Morgan fingerprint density at radius 1 is 1.00 bits per heavy atom. The van der Waals surface area contributed by atoms with E-state index in [1.54, 1.807) is 19.2 Å². The van der Waals surface area contributed by atoms with Crippen LogP contribution in [0, 0.1) is 0 Å². The van der Waals surface area contributed by atoms with Crippen molar-refractivity contribution >= 4 is 17.3 Å². The van der Waals surface area contributed by atoms with Crippen LogP contribution in [0.4, 0.5) is 11.4 Å². The molecule has 1 heterocycles. The van der Waals surface area contributed by atoms with Crippen LogP contribution in [-0.4, -0.2) is 44.1 Å². The number of nitrogens with zero attached hydrogens (tertiary/aromatic N) is 2. The summed E-state index contributed by atoms with van der Waals surface area (Å²) in [6, 6.07) is 15.2. The lowest BCUT2D eigenvalue weighted by molar-refractivity contribution is 0.0748. The fourth-order valence-corrected chi connectivity index (χ4v) is 2.82. The van der Waals surface area contributed by atoms with Gasteiger partial charge in [0.15, 0.2) is 0 Å². The van der Waals surface area contributed by atoms with E-state index in [1.807, 2.05) is 41.3 Å². The van der Waals surface area contributed by atoms with Gasteiger partial charge in [0.1, 0.15) is 5.75 Å². The second-order valence-electron chi connectivity index (χ2n) is 5.56. The molecule has 1 aliphatic heterocycles. The van der Waals surface area contributed by atoms with Crippen molar-refractivity contribution in [3.63, 3.8) is 0 Å². The summed E-state index contributed by atoms with van der Waals surface area (Å²) in [7, 11) is 1.66. The molecular weight excluding hydrogens is 290 g/mol. The monoisotopic (exact) mass is 311 g/mol. The Labute approximate surface area is 136 Å². The van der Waals surface area contributed by atoms with Crippen molar-refractivity contribution in [2.45, 2.75) is 0 Å². The van der Waals surface area contributed by atoms with Gasteiger partial charge >= 0.3 is 0 Å². The number of carbonyl (C=O) groups is 1. The summed E-state index contributed by atoms with van der Waals surface area (Å²) >= 11 is 0. The van der Waals surface area contributed by atoms with E-state index in [2.05, 4.69) is 4.90 Å². The fraction of sp³-hybridized carbons (Fsp3) is 0.278. The molecule has 2 N–H and O–H groups in total. The molecule has 1 amide bonds. The minimum absolute atomic E-state index is 0.0116. The van der Waals surface area contributed by atoms with Crippen LogP contribution in [0.1, 0.15) is 10.4 Å². The Kier molecular flexibility index (Phi) is 4.37. The predicted octanol–water partition coefficient (Wildman–Crippen LogP) is 2.24. The Morgan fingerprint density at radius 2 is 1.65 bits per heavy atom. The van der Waals surface area contributed by atoms with E-state index < -0.39 is 0 Å². The summed E-state index contributed by atoms with van der Waals surface area (Å²) in [6.07, 6.45) is 0. The normalized spacial score (nSPS) is 14.7. The zero-order chi connectivity index (χ0) is 16.2. The van der Waals surface area contributed by atoms with E-state index in [4.69, 9.17) is 10.5 Å². The minimum Gasteiger partial charge on any atom is -0.497 e. The number of nitrogen functional groups attached to an aromatic ring is 1. The minimum atomic E-state index is 0.0116. The second kappa shape index (κ2) is 6.60.